The van der Waals surface area contributed by atoms with Gasteiger partial charge in [0.05, 0.1) is 6.20 Å². The van der Waals surface area contributed by atoms with E-state index in [2.05, 4.69) is 10.4 Å². The van der Waals surface area contributed by atoms with Crippen LogP contribution in [0.1, 0.15) is 18.4 Å². The maximum atomic E-state index is 11.3. The fraction of sp³-hybridized carbons (Fsp3) is 0.556. The highest BCUT2D eigenvalue weighted by Gasteiger charge is 2.29. The summed E-state index contributed by atoms with van der Waals surface area (Å²) < 4.78 is 1.60. The lowest BCUT2D eigenvalue weighted by Gasteiger charge is -2.03. The lowest BCUT2D eigenvalue weighted by Crippen LogP contribution is -2.24. The van der Waals surface area contributed by atoms with Crippen molar-refractivity contribution in [3.8, 4) is 0 Å². The van der Waals surface area contributed by atoms with Crippen molar-refractivity contribution in [1.82, 2.24) is 15.1 Å². The second kappa shape index (κ2) is 3.32. The van der Waals surface area contributed by atoms with Crippen LogP contribution in [0.5, 0.6) is 0 Å². The average molecular weight is 194 g/mol. The van der Waals surface area contributed by atoms with E-state index in [0.29, 0.717) is 12.4 Å². The van der Waals surface area contributed by atoms with Crippen LogP contribution in [-0.4, -0.2) is 15.7 Å². The monoisotopic (exact) mass is 194 g/mol. The zero-order valence-electron chi connectivity index (χ0n) is 8.16. The highest BCUT2D eigenvalue weighted by molar-refractivity contribution is 5.80. The molecule has 76 valence electrons. The fourth-order valence-corrected chi connectivity index (χ4v) is 1.30. The van der Waals surface area contributed by atoms with Crippen LogP contribution in [0.15, 0.2) is 6.20 Å². The normalized spacial score (nSPS) is 15.5. The highest BCUT2D eigenvalue weighted by atomic mass is 16.2. The first-order valence-corrected chi connectivity index (χ1v) is 4.72. The van der Waals surface area contributed by atoms with Crippen LogP contribution in [0.2, 0.25) is 0 Å². The minimum Gasteiger partial charge on any atom is -0.384 e. The second-order valence-corrected chi connectivity index (χ2v) is 3.67. The molecule has 3 N–H and O–H groups in total. The van der Waals surface area contributed by atoms with Crippen molar-refractivity contribution in [2.45, 2.75) is 19.4 Å². The maximum absolute atomic E-state index is 11.3. The zero-order valence-corrected chi connectivity index (χ0v) is 8.16. The maximum Gasteiger partial charge on any atom is 0.223 e. The first kappa shape index (κ1) is 9.05. The van der Waals surface area contributed by atoms with E-state index in [0.717, 1.165) is 18.4 Å². The molecule has 1 aliphatic carbocycles. The van der Waals surface area contributed by atoms with Crippen molar-refractivity contribution in [3.63, 3.8) is 0 Å². The van der Waals surface area contributed by atoms with Gasteiger partial charge in [0, 0.05) is 25.1 Å². The Hall–Kier alpha value is -1.52. The summed E-state index contributed by atoms with van der Waals surface area (Å²) in [6.07, 6.45) is 3.73. The first-order chi connectivity index (χ1) is 6.68. The Labute approximate surface area is 82.3 Å². The third-order valence-electron chi connectivity index (χ3n) is 2.47. The molecule has 0 saturated heterocycles. The Balaban J connectivity index is 1.90. The van der Waals surface area contributed by atoms with Gasteiger partial charge in [-0.3, -0.25) is 9.48 Å². The predicted molar refractivity (Wildman–Crippen MR) is 52.2 cm³/mol. The smallest absolute Gasteiger partial charge is 0.223 e. The molecule has 0 bridgehead atoms. The number of aromatic nitrogens is 2. The van der Waals surface area contributed by atoms with Gasteiger partial charge in [0.2, 0.25) is 5.91 Å². The molecule has 5 heteroatoms. The number of aryl methyl sites for hydroxylation is 1. The molecule has 1 fully saturated rings. The molecule has 1 aromatic rings. The lowest BCUT2D eigenvalue weighted by molar-refractivity contribution is -0.122. The molecule has 0 atom stereocenters. The van der Waals surface area contributed by atoms with Crippen LogP contribution in [0.3, 0.4) is 0 Å². The number of nitrogen functional groups attached to an aromatic ring is 1. The van der Waals surface area contributed by atoms with Crippen molar-refractivity contribution in [2.24, 2.45) is 13.0 Å². The Morgan fingerprint density at radius 2 is 2.50 bits per heavy atom. The van der Waals surface area contributed by atoms with Crippen LogP contribution in [0.4, 0.5) is 5.82 Å². The molecule has 1 aliphatic rings. The number of carbonyl (C=O) groups excluding carboxylic acids is 1. The molecular formula is C9H14N4O. The molecular weight excluding hydrogens is 180 g/mol. The number of hydrogen-bond donors (Lipinski definition) is 2. The molecule has 0 radical (unpaired) electrons. The first-order valence-electron chi connectivity index (χ1n) is 4.72. The summed E-state index contributed by atoms with van der Waals surface area (Å²) in [6, 6.07) is 0. The van der Waals surface area contributed by atoms with Gasteiger partial charge in [-0.1, -0.05) is 0 Å². The molecule has 0 spiro atoms. The Bertz CT molecular complexity index is 354. The number of nitrogens with two attached hydrogens (primary N) is 1. The van der Waals surface area contributed by atoms with E-state index >= 15 is 0 Å². The molecule has 14 heavy (non-hydrogen) atoms. The summed E-state index contributed by atoms with van der Waals surface area (Å²) >= 11 is 0. The summed E-state index contributed by atoms with van der Waals surface area (Å²) in [5.74, 6) is 0.988. The van der Waals surface area contributed by atoms with Crippen molar-refractivity contribution in [1.29, 1.82) is 0 Å². The standard InChI is InChI=1S/C9H14N4O/c1-13-8(10)7(5-12-13)4-11-9(14)6-2-3-6/h5-6H,2-4,10H2,1H3,(H,11,14). The van der Waals surface area contributed by atoms with Gasteiger partial charge in [0.15, 0.2) is 0 Å². The summed E-state index contributed by atoms with van der Waals surface area (Å²) in [4.78, 5) is 11.3. The minimum absolute atomic E-state index is 0.133. The van der Waals surface area contributed by atoms with Crippen molar-refractivity contribution >= 4 is 11.7 Å². The minimum atomic E-state index is 0.133. The number of carbonyl (C=O) groups is 1. The molecule has 0 unspecified atom stereocenters. The average Bonchev–Trinajstić information content (AvgIpc) is 2.95. The van der Waals surface area contributed by atoms with Gasteiger partial charge in [-0.2, -0.15) is 5.10 Å². The van der Waals surface area contributed by atoms with E-state index in [4.69, 9.17) is 5.73 Å². The molecule has 1 saturated carbocycles. The van der Waals surface area contributed by atoms with Gasteiger partial charge in [-0.05, 0) is 12.8 Å². The highest BCUT2D eigenvalue weighted by Crippen LogP contribution is 2.28. The van der Waals surface area contributed by atoms with Crippen molar-refractivity contribution in [3.05, 3.63) is 11.8 Å². The van der Waals surface area contributed by atoms with Crippen LogP contribution in [-0.2, 0) is 18.4 Å². The number of nitrogens with zero attached hydrogens (tertiary/aromatic N) is 2. The lowest BCUT2D eigenvalue weighted by atomic mass is 10.3. The molecule has 0 aliphatic heterocycles. The van der Waals surface area contributed by atoms with Gasteiger partial charge in [-0.15, -0.1) is 0 Å². The van der Waals surface area contributed by atoms with Gasteiger partial charge in [0.25, 0.3) is 0 Å². The summed E-state index contributed by atoms with van der Waals surface area (Å²) in [5.41, 5.74) is 6.61. The van der Waals surface area contributed by atoms with E-state index in [1.54, 1.807) is 17.9 Å². The number of nitrogens with one attached hydrogen (secondary N) is 1. The Morgan fingerprint density at radius 1 is 1.79 bits per heavy atom. The molecule has 1 aromatic heterocycles. The van der Waals surface area contributed by atoms with E-state index in [-0.39, 0.29) is 11.8 Å². The summed E-state index contributed by atoms with van der Waals surface area (Å²) in [7, 11) is 1.78. The number of anilines is 1. The summed E-state index contributed by atoms with van der Waals surface area (Å²) in [5, 5.41) is 6.84. The fourth-order valence-electron chi connectivity index (χ4n) is 1.30. The van der Waals surface area contributed by atoms with E-state index in [1.165, 1.54) is 0 Å². The molecule has 1 heterocycles. The molecule has 2 rings (SSSR count). The second-order valence-electron chi connectivity index (χ2n) is 3.67. The van der Waals surface area contributed by atoms with Gasteiger partial charge in [-0.25, -0.2) is 0 Å². The van der Waals surface area contributed by atoms with Gasteiger partial charge in [0.1, 0.15) is 5.82 Å². The predicted octanol–water partition coefficient (Wildman–Crippen LogP) is 0.0285. The third-order valence-corrected chi connectivity index (χ3v) is 2.47. The van der Waals surface area contributed by atoms with E-state index in [1.807, 2.05) is 0 Å². The number of rotatable bonds is 3. The summed E-state index contributed by atoms with van der Waals surface area (Å²) in [6.45, 7) is 0.481. The molecule has 5 nitrogen and oxygen atoms in total. The topological polar surface area (TPSA) is 72.9 Å². The van der Waals surface area contributed by atoms with Crippen LogP contribution >= 0.6 is 0 Å². The number of hydrogen-bond acceptors (Lipinski definition) is 3. The number of amides is 1. The van der Waals surface area contributed by atoms with Crippen molar-refractivity contribution in [2.75, 3.05) is 5.73 Å². The van der Waals surface area contributed by atoms with Crippen molar-refractivity contribution < 1.29 is 4.79 Å². The molecule has 1 amide bonds. The van der Waals surface area contributed by atoms with Crippen LogP contribution in [0.25, 0.3) is 0 Å². The zero-order chi connectivity index (χ0) is 10.1. The van der Waals surface area contributed by atoms with Gasteiger partial charge < -0.3 is 11.1 Å². The SMILES string of the molecule is Cn1ncc(CNC(=O)C2CC2)c1N. The third kappa shape index (κ3) is 1.71. The van der Waals surface area contributed by atoms with E-state index < -0.39 is 0 Å². The largest absolute Gasteiger partial charge is 0.384 e. The molecule has 0 aromatic carbocycles. The quantitative estimate of drug-likeness (QED) is 0.713. The van der Waals surface area contributed by atoms with Gasteiger partial charge >= 0.3 is 0 Å². The Morgan fingerprint density at radius 3 is 3.00 bits per heavy atom. The van der Waals surface area contributed by atoms with Crippen LogP contribution in [0, 0.1) is 5.92 Å². The van der Waals surface area contributed by atoms with Crippen LogP contribution < -0.4 is 11.1 Å². The Kier molecular flexibility index (Phi) is 2.15. The van der Waals surface area contributed by atoms with E-state index in [9.17, 15) is 4.79 Å².